The van der Waals surface area contributed by atoms with E-state index >= 15 is 0 Å². The molecule has 0 radical (unpaired) electrons. The van der Waals surface area contributed by atoms with Gasteiger partial charge in [0, 0.05) is 36.8 Å². The highest BCUT2D eigenvalue weighted by Crippen LogP contribution is 2.24. The molecule has 0 aliphatic rings. The highest BCUT2D eigenvalue weighted by atomic mass is 16.1. The topological polar surface area (TPSA) is 84.8 Å². The number of nitrogens with one attached hydrogen (secondary N) is 1. The van der Waals surface area contributed by atoms with Crippen molar-refractivity contribution in [3.63, 3.8) is 0 Å². The fourth-order valence-electron chi connectivity index (χ4n) is 2.80. The van der Waals surface area contributed by atoms with E-state index < -0.39 is 0 Å². The van der Waals surface area contributed by atoms with Gasteiger partial charge >= 0.3 is 0 Å². The lowest BCUT2D eigenvalue weighted by atomic mass is 9.94. The minimum Gasteiger partial charge on any atom is -0.354 e. The van der Waals surface area contributed by atoms with E-state index in [4.69, 9.17) is 0 Å². The van der Waals surface area contributed by atoms with Gasteiger partial charge in [-0.1, -0.05) is 37.3 Å². The van der Waals surface area contributed by atoms with Gasteiger partial charge in [0.1, 0.15) is 5.69 Å². The van der Waals surface area contributed by atoms with E-state index in [2.05, 4.69) is 20.5 Å². The fraction of sp³-hybridized carbons (Fsp3) is 0.190. The summed E-state index contributed by atoms with van der Waals surface area (Å²) in [4.78, 5) is 29.4. The maximum atomic E-state index is 12.8. The molecule has 3 rings (SSSR count). The van der Waals surface area contributed by atoms with Crippen molar-refractivity contribution in [1.29, 1.82) is 0 Å². The molecule has 0 spiro atoms. The summed E-state index contributed by atoms with van der Waals surface area (Å²) in [6, 6.07) is 14.9. The molecule has 0 fully saturated rings. The Morgan fingerprint density at radius 1 is 1.07 bits per heavy atom. The molecule has 1 N–H and O–H groups in total. The van der Waals surface area contributed by atoms with Crippen molar-refractivity contribution in [3.8, 4) is 0 Å². The van der Waals surface area contributed by atoms with Crippen LogP contribution in [-0.2, 0) is 6.42 Å². The van der Waals surface area contributed by atoms with Crippen molar-refractivity contribution in [2.45, 2.75) is 19.3 Å². The first-order valence-electron chi connectivity index (χ1n) is 8.66. The largest absolute Gasteiger partial charge is 0.354 e. The van der Waals surface area contributed by atoms with E-state index in [-0.39, 0.29) is 29.7 Å². The van der Waals surface area contributed by atoms with Gasteiger partial charge in [0.05, 0.1) is 6.20 Å². The molecule has 0 aliphatic carbocycles. The van der Waals surface area contributed by atoms with Gasteiger partial charge in [0.15, 0.2) is 5.78 Å². The number of ketones is 1. The highest BCUT2D eigenvalue weighted by molar-refractivity contribution is 6.00. The van der Waals surface area contributed by atoms with Gasteiger partial charge < -0.3 is 5.32 Å². The molecule has 3 aromatic rings. The molecule has 1 amide bonds. The average Bonchev–Trinajstić information content (AvgIpc) is 2.73. The smallest absolute Gasteiger partial charge is 0.269 e. The molecule has 0 saturated heterocycles. The van der Waals surface area contributed by atoms with Crippen molar-refractivity contribution >= 4 is 11.7 Å². The first-order valence-corrected chi connectivity index (χ1v) is 8.66. The van der Waals surface area contributed by atoms with Crippen molar-refractivity contribution in [2.24, 2.45) is 0 Å². The van der Waals surface area contributed by atoms with Crippen LogP contribution in [0.15, 0.2) is 60.9 Å². The lowest BCUT2D eigenvalue weighted by Gasteiger charge is -2.14. The van der Waals surface area contributed by atoms with Crippen molar-refractivity contribution in [1.82, 2.24) is 20.5 Å². The summed E-state index contributed by atoms with van der Waals surface area (Å²) in [6.07, 6.45) is 3.30. The highest BCUT2D eigenvalue weighted by Gasteiger charge is 2.18. The molecular weight excluding hydrogens is 340 g/mol. The summed E-state index contributed by atoms with van der Waals surface area (Å²) < 4.78 is 0. The maximum Gasteiger partial charge on any atom is 0.269 e. The maximum absolute atomic E-state index is 12.8. The standard InChI is InChI=1S/C21H20N4O2/c1-14(16-6-4-3-5-7-16)18-11-17(12-19(25-18)21(27)22-2)20(26)10-15-8-9-23-24-13-15/h3-9,11-14H,10H2,1-2H3,(H,22,27)/t14-/m0/s1. The van der Waals surface area contributed by atoms with Gasteiger partial charge in [-0.2, -0.15) is 10.2 Å². The number of benzene rings is 1. The molecular formula is C21H20N4O2. The van der Waals surface area contributed by atoms with E-state index in [1.807, 2.05) is 37.3 Å². The predicted octanol–water partition coefficient (Wildman–Crippen LogP) is 2.81. The summed E-state index contributed by atoms with van der Waals surface area (Å²) >= 11 is 0. The lowest BCUT2D eigenvalue weighted by molar-refractivity contribution is 0.0958. The molecule has 136 valence electrons. The molecule has 1 aromatic carbocycles. The van der Waals surface area contributed by atoms with Gasteiger partial charge in [-0.15, -0.1) is 0 Å². The normalized spacial score (nSPS) is 11.6. The molecule has 0 aliphatic heterocycles. The summed E-state index contributed by atoms with van der Waals surface area (Å²) in [7, 11) is 1.54. The first kappa shape index (κ1) is 18.4. The zero-order chi connectivity index (χ0) is 19.2. The Morgan fingerprint density at radius 2 is 1.85 bits per heavy atom. The van der Waals surface area contributed by atoms with E-state index in [1.165, 1.54) is 6.07 Å². The monoisotopic (exact) mass is 360 g/mol. The Bertz CT molecular complexity index is 943. The number of nitrogens with zero attached hydrogens (tertiary/aromatic N) is 3. The number of hydrogen-bond donors (Lipinski definition) is 1. The number of rotatable bonds is 6. The third-order valence-corrected chi connectivity index (χ3v) is 4.38. The van der Waals surface area contributed by atoms with E-state index in [0.29, 0.717) is 11.3 Å². The van der Waals surface area contributed by atoms with E-state index in [1.54, 1.807) is 31.6 Å². The third-order valence-electron chi connectivity index (χ3n) is 4.38. The van der Waals surface area contributed by atoms with Crippen LogP contribution in [0.3, 0.4) is 0 Å². The third kappa shape index (κ3) is 4.41. The van der Waals surface area contributed by atoms with Crippen LogP contribution in [0.2, 0.25) is 0 Å². The van der Waals surface area contributed by atoms with Crippen LogP contribution < -0.4 is 5.32 Å². The van der Waals surface area contributed by atoms with Crippen LogP contribution in [0.5, 0.6) is 0 Å². The zero-order valence-electron chi connectivity index (χ0n) is 15.2. The van der Waals surface area contributed by atoms with Crippen LogP contribution in [0, 0.1) is 0 Å². The molecule has 0 unspecified atom stereocenters. The predicted molar refractivity (Wildman–Crippen MR) is 102 cm³/mol. The van der Waals surface area contributed by atoms with Crippen molar-refractivity contribution in [2.75, 3.05) is 7.05 Å². The number of carbonyl (C=O) groups is 2. The summed E-state index contributed by atoms with van der Waals surface area (Å²) in [5.74, 6) is -0.473. The number of hydrogen-bond acceptors (Lipinski definition) is 5. The van der Waals surface area contributed by atoms with Gasteiger partial charge in [-0.25, -0.2) is 4.98 Å². The Morgan fingerprint density at radius 3 is 2.52 bits per heavy atom. The van der Waals surface area contributed by atoms with Crippen molar-refractivity contribution < 1.29 is 9.59 Å². The van der Waals surface area contributed by atoms with Gasteiger partial charge in [0.25, 0.3) is 5.91 Å². The van der Waals surface area contributed by atoms with E-state index in [9.17, 15) is 9.59 Å². The number of pyridine rings is 1. The Balaban J connectivity index is 1.98. The van der Waals surface area contributed by atoms with Gasteiger partial charge in [0.2, 0.25) is 0 Å². The van der Waals surface area contributed by atoms with Crippen LogP contribution >= 0.6 is 0 Å². The SMILES string of the molecule is CNC(=O)c1cc(C(=O)Cc2ccnnc2)cc([C@@H](C)c2ccccc2)n1. The van der Waals surface area contributed by atoms with Gasteiger partial charge in [-0.3, -0.25) is 9.59 Å². The molecule has 2 aromatic heterocycles. The number of amides is 1. The molecule has 27 heavy (non-hydrogen) atoms. The van der Waals surface area contributed by atoms with Crippen LogP contribution in [0.4, 0.5) is 0 Å². The summed E-state index contributed by atoms with van der Waals surface area (Å²) in [6.45, 7) is 2.01. The minimum atomic E-state index is -0.322. The number of carbonyl (C=O) groups excluding carboxylic acids is 2. The Kier molecular flexibility index (Phi) is 5.66. The quantitative estimate of drug-likeness (QED) is 0.683. The molecule has 6 heteroatoms. The first-order chi connectivity index (χ1) is 13.1. The molecule has 0 bridgehead atoms. The van der Waals surface area contributed by atoms with Crippen molar-refractivity contribution in [3.05, 3.63) is 89.0 Å². The summed E-state index contributed by atoms with van der Waals surface area (Å²) in [5, 5.41) is 10.1. The second kappa shape index (κ2) is 8.31. The van der Waals surface area contributed by atoms with Crippen LogP contribution in [-0.4, -0.2) is 33.9 Å². The average molecular weight is 360 g/mol. The van der Waals surface area contributed by atoms with Gasteiger partial charge in [-0.05, 0) is 29.3 Å². The van der Waals surface area contributed by atoms with E-state index in [0.717, 1.165) is 11.1 Å². The second-order valence-electron chi connectivity index (χ2n) is 6.23. The Labute approximate surface area is 157 Å². The Hall–Kier alpha value is -3.41. The molecule has 1 atom stereocenters. The lowest BCUT2D eigenvalue weighted by Crippen LogP contribution is -2.21. The number of Topliss-reactive ketones (excluding diaryl/α,β-unsaturated/α-hetero) is 1. The fourth-order valence-corrected chi connectivity index (χ4v) is 2.80. The molecule has 2 heterocycles. The molecule has 6 nitrogen and oxygen atoms in total. The minimum absolute atomic E-state index is 0.0510. The second-order valence-corrected chi connectivity index (χ2v) is 6.23. The van der Waals surface area contributed by atoms with Crippen LogP contribution in [0.25, 0.3) is 0 Å². The van der Waals surface area contributed by atoms with Crippen LogP contribution in [0.1, 0.15) is 50.5 Å². The summed E-state index contributed by atoms with van der Waals surface area (Å²) in [5.41, 5.74) is 3.20. The molecule has 0 saturated carbocycles. The zero-order valence-corrected chi connectivity index (χ0v) is 15.2. The number of aromatic nitrogens is 3.